The zero-order chi connectivity index (χ0) is 21.3. The van der Waals surface area contributed by atoms with Gasteiger partial charge in [0, 0.05) is 22.8 Å². The number of benzene rings is 2. The lowest BCUT2D eigenvalue weighted by Gasteiger charge is -2.43. The lowest BCUT2D eigenvalue weighted by atomic mass is 9.81. The number of hydrogen-bond acceptors (Lipinski definition) is 5. The number of halogens is 2. The van der Waals surface area contributed by atoms with Crippen LogP contribution in [-0.2, 0) is 14.4 Å². The van der Waals surface area contributed by atoms with Crippen LogP contribution in [0.25, 0.3) is 0 Å². The van der Waals surface area contributed by atoms with E-state index in [1.54, 1.807) is 24.3 Å². The van der Waals surface area contributed by atoms with Crippen molar-refractivity contribution in [3.8, 4) is 0 Å². The highest BCUT2D eigenvalue weighted by atomic mass is 35.5. The standard InChI is InChI=1S/C20H19ClFN5O3/c21-10-1-5-12(6-2-10)23-18(29)14-9-15(28)25-17-16(14)19(30)27-20(26-17)24-13-7-3-11(22)4-8-13/h1-8,14,16-17,20,24,26H,9H2,(H,23,29)(H,25,28)(H,27,30). The summed E-state index contributed by atoms with van der Waals surface area (Å²) in [7, 11) is 0. The van der Waals surface area contributed by atoms with Gasteiger partial charge in [-0.1, -0.05) is 11.6 Å². The Morgan fingerprint density at radius 2 is 1.67 bits per heavy atom. The third kappa shape index (κ3) is 4.37. The van der Waals surface area contributed by atoms with Gasteiger partial charge in [0.15, 0.2) is 6.29 Å². The molecule has 5 N–H and O–H groups in total. The average molecular weight is 432 g/mol. The van der Waals surface area contributed by atoms with E-state index in [-0.39, 0.29) is 24.1 Å². The van der Waals surface area contributed by atoms with Crippen LogP contribution in [-0.4, -0.2) is 30.2 Å². The predicted molar refractivity (Wildman–Crippen MR) is 109 cm³/mol. The number of amides is 3. The summed E-state index contributed by atoms with van der Waals surface area (Å²) in [6, 6.07) is 12.2. The zero-order valence-electron chi connectivity index (χ0n) is 15.6. The average Bonchev–Trinajstić information content (AvgIpc) is 2.70. The van der Waals surface area contributed by atoms with Crippen LogP contribution in [0.5, 0.6) is 0 Å². The number of nitrogens with one attached hydrogen (secondary N) is 5. The summed E-state index contributed by atoms with van der Waals surface area (Å²) in [6.07, 6.45) is -1.55. The number of anilines is 2. The van der Waals surface area contributed by atoms with Crippen molar-refractivity contribution in [3.05, 3.63) is 59.4 Å². The third-order valence-electron chi connectivity index (χ3n) is 5.05. The minimum atomic E-state index is -0.848. The molecule has 2 heterocycles. The van der Waals surface area contributed by atoms with Crippen LogP contribution in [0.15, 0.2) is 48.5 Å². The van der Waals surface area contributed by atoms with E-state index in [0.29, 0.717) is 16.4 Å². The number of carbonyl (C=O) groups excluding carboxylic acids is 3. The van der Waals surface area contributed by atoms with Gasteiger partial charge in [-0.15, -0.1) is 0 Å². The first kappa shape index (κ1) is 20.1. The van der Waals surface area contributed by atoms with E-state index < -0.39 is 30.2 Å². The summed E-state index contributed by atoms with van der Waals surface area (Å²) in [5, 5.41) is 14.8. The van der Waals surface area contributed by atoms with E-state index in [1.165, 1.54) is 24.3 Å². The van der Waals surface area contributed by atoms with Gasteiger partial charge in [-0.05, 0) is 48.5 Å². The SMILES string of the molecule is O=C1CC(C(=O)Nc2ccc(Cl)cc2)C2C(=O)NC(Nc3ccc(F)cc3)NC2N1. The molecule has 0 radical (unpaired) electrons. The molecule has 2 aromatic rings. The molecule has 2 saturated heterocycles. The second-order valence-corrected chi connectivity index (χ2v) is 7.57. The van der Waals surface area contributed by atoms with Crippen molar-refractivity contribution in [2.75, 3.05) is 10.6 Å². The molecule has 30 heavy (non-hydrogen) atoms. The number of carbonyl (C=O) groups is 3. The maximum Gasteiger partial charge on any atom is 0.229 e. The number of rotatable bonds is 4. The van der Waals surface area contributed by atoms with Crippen LogP contribution in [0.2, 0.25) is 5.02 Å². The Balaban J connectivity index is 1.47. The van der Waals surface area contributed by atoms with E-state index in [4.69, 9.17) is 11.6 Å². The van der Waals surface area contributed by atoms with Crippen molar-refractivity contribution < 1.29 is 18.8 Å². The second kappa shape index (κ2) is 8.29. The summed E-state index contributed by atoms with van der Waals surface area (Å²) in [5.41, 5.74) is 1.10. The minimum absolute atomic E-state index is 0.105. The van der Waals surface area contributed by atoms with Crippen LogP contribution >= 0.6 is 11.6 Å². The van der Waals surface area contributed by atoms with Gasteiger partial charge in [0.25, 0.3) is 0 Å². The number of fused-ring (bicyclic) bond motifs is 1. The molecule has 0 spiro atoms. The van der Waals surface area contributed by atoms with Gasteiger partial charge in [-0.25, -0.2) is 4.39 Å². The monoisotopic (exact) mass is 431 g/mol. The van der Waals surface area contributed by atoms with Crippen LogP contribution < -0.4 is 26.6 Å². The summed E-state index contributed by atoms with van der Waals surface area (Å²) >= 11 is 5.85. The summed E-state index contributed by atoms with van der Waals surface area (Å²) < 4.78 is 13.1. The smallest absolute Gasteiger partial charge is 0.229 e. The fraction of sp³-hybridized carbons (Fsp3) is 0.250. The molecule has 0 aliphatic carbocycles. The van der Waals surface area contributed by atoms with Gasteiger partial charge in [0.1, 0.15) is 5.82 Å². The highest BCUT2D eigenvalue weighted by Gasteiger charge is 2.48. The van der Waals surface area contributed by atoms with Crippen molar-refractivity contribution in [2.24, 2.45) is 11.8 Å². The molecule has 4 unspecified atom stereocenters. The maximum absolute atomic E-state index is 13.1. The van der Waals surface area contributed by atoms with E-state index in [0.717, 1.165) is 0 Å². The molecular formula is C20H19ClFN5O3. The lowest BCUT2D eigenvalue weighted by Crippen LogP contribution is -2.72. The highest BCUT2D eigenvalue weighted by molar-refractivity contribution is 6.30. The molecule has 0 bridgehead atoms. The Morgan fingerprint density at radius 3 is 2.37 bits per heavy atom. The van der Waals surface area contributed by atoms with E-state index in [2.05, 4.69) is 26.6 Å². The molecule has 2 aliphatic rings. The van der Waals surface area contributed by atoms with Gasteiger partial charge >= 0.3 is 0 Å². The molecule has 0 aromatic heterocycles. The van der Waals surface area contributed by atoms with E-state index in [1.807, 2.05) is 0 Å². The first-order valence-electron chi connectivity index (χ1n) is 9.33. The van der Waals surface area contributed by atoms with Crippen molar-refractivity contribution in [3.63, 3.8) is 0 Å². The third-order valence-corrected chi connectivity index (χ3v) is 5.31. The van der Waals surface area contributed by atoms with Crippen LogP contribution in [0.1, 0.15) is 6.42 Å². The molecule has 4 atom stereocenters. The van der Waals surface area contributed by atoms with Crippen LogP contribution in [0.3, 0.4) is 0 Å². The van der Waals surface area contributed by atoms with Gasteiger partial charge in [-0.2, -0.15) is 0 Å². The summed E-state index contributed by atoms with van der Waals surface area (Å²) in [6.45, 7) is 0. The minimum Gasteiger partial charge on any atom is -0.353 e. The molecular weight excluding hydrogens is 413 g/mol. The van der Waals surface area contributed by atoms with Crippen molar-refractivity contribution in [2.45, 2.75) is 18.9 Å². The van der Waals surface area contributed by atoms with Crippen molar-refractivity contribution in [1.82, 2.24) is 16.0 Å². The van der Waals surface area contributed by atoms with Crippen LogP contribution in [0.4, 0.5) is 15.8 Å². The van der Waals surface area contributed by atoms with E-state index in [9.17, 15) is 18.8 Å². The van der Waals surface area contributed by atoms with Gasteiger partial charge in [-0.3, -0.25) is 19.7 Å². The summed E-state index contributed by atoms with van der Waals surface area (Å²) in [4.78, 5) is 37.8. The molecule has 10 heteroatoms. The Kier molecular flexibility index (Phi) is 5.56. The molecule has 2 aromatic carbocycles. The van der Waals surface area contributed by atoms with Gasteiger partial charge in [0.2, 0.25) is 17.7 Å². The first-order chi connectivity index (χ1) is 14.4. The maximum atomic E-state index is 13.1. The van der Waals surface area contributed by atoms with Gasteiger partial charge < -0.3 is 21.3 Å². The Bertz CT molecular complexity index is 969. The molecule has 8 nitrogen and oxygen atoms in total. The highest BCUT2D eigenvalue weighted by Crippen LogP contribution is 2.28. The lowest BCUT2D eigenvalue weighted by molar-refractivity contribution is -0.144. The summed E-state index contributed by atoms with van der Waals surface area (Å²) in [5.74, 6) is -3.16. The first-order valence-corrected chi connectivity index (χ1v) is 9.71. The normalized spacial score (nSPS) is 25.5. The number of hydrogen-bond donors (Lipinski definition) is 5. The van der Waals surface area contributed by atoms with E-state index >= 15 is 0 Å². The number of piperidine rings is 1. The van der Waals surface area contributed by atoms with Crippen LogP contribution in [0, 0.1) is 17.7 Å². The molecule has 4 rings (SSSR count). The molecule has 2 fully saturated rings. The fourth-order valence-corrected chi connectivity index (χ4v) is 3.76. The Labute approximate surface area is 176 Å². The Morgan fingerprint density at radius 1 is 1.00 bits per heavy atom. The topological polar surface area (TPSA) is 111 Å². The zero-order valence-corrected chi connectivity index (χ0v) is 16.4. The molecule has 0 saturated carbocycles. The largest absolute Gasteiger partial charge is 0.353 e. The Hall–Kier alpha value is -3.17. The van der Waals surface area contributed by atoms with Crippen molar-refractivity contribution in [1.29, 1.82) is 0 Å². The molecule has 2 aliphatic heterocycles. The fourth-order valence-electron chi connectivity index (χ4n) is 3.63. The second-order valence-electron chi connectivity index (χ2n) is 7.14. The predicted octanol–water partition coefficient (Wildman–Crippen LogP) is 1.61. The quantitative estimate of drug-likeness (QED) is 0.505. The molecule has 156 valence electrons. The van der Waals surface area contributed by atoms with Crippen molar-refractivity contribution >= 4 is 40.7 Å². The molecule has 3 amide bonds. The van der Waals surface area contributed by atoms with Gasteiger partial charge in [0.05, 0.1) is 18.0 Å².